The molecule has 114 valence electrons. The summed E-state index contributed by atoms with van der Waals surface area (Å²) >= 11 is 0. The normalized spacial score (nSPS) is 13.9. The van der Waals surface area contributed by atoms with Gasteiger partial charge in [-0.05, 0) is 24.1 Å². The van der Waals surface area contributed by atoms with Gasteiger partial charge in [0, 0.05) is 33.7 Å². The number of nitrogens with one attached hydrogen (secondary N) is 2. The quantitative estimate of drug-likeness (QED) is 0.833. The average molecular weight is 290 g/mol. The summed E-state index contributed by atoms with van der Waals surface area (Å²) in [5.41, 5.74) is 1.08. The molecule has 0 saturated heterocycles. The molecule has 1 heterocycles. The minimum absolute atomic E-state index is 0.0537. The van der Waals surface area contributed by atoms with E-state index >= 15 is 0 Å². The number of aliphatic imine (C=N–C) groups is 1. The molecule has 0 bridgehead atoms. The zero-order chi connectivity index (χ0) is 15.1. The molecule has 1 aliphatic rings. The van der Waals surface area contributed by atoms with Crippen molar-refractivity contribution in [3.63, 3.8) is 0 Å². The van der Waals surface area contributed by atoms with Crippen LogP contribution in [-0.2, 0) is 11.3 Å². The summed E-state index contributed by atoms with van der Waals surface area (Å²) in [5, 5.41) is 6.47. The Morgan fingerprint density at radius 2 is 2.33 bits per heavy atom. The molecule has 0 aliphatic carbocycles. The van der Waals surface area contributed by atoms with Crippen LogP contribution < -0.4 is 15.4 Å². The molecule has 6 heteroatoms. The molecular formula is C15H22N4O2. The van der Waals surface area contributed by atoms with E-state index in [0.717, 1.165) is 31.0 Å². The lowest BCUT2D eigenvalue weighted by atomic mass is 10.2. The van der Waals surface area contributed by atoms with Gasteiger partial charge in [-0.25, -0.2) is 0 Å². The second-order valence-electron chi connectivity index (χ2n) is 5.09. The van der Waals surface area contributed by atoms with Gasteiger partial charge in [0.2, 0.25) is 0 Å². The molecule has 6 nitrogen and oxygen atoms in total. The van der Waals surface area contributed by atoms with Gasteiger partial charge in [0.25, 0.3) is 5.91 Å². The molecule has 0 fully saturated rings. The van der Waals surface area contributed by atoms with Gasteiger partial charge in [0.05, 0.1) is 0 Å². The highest BCUT2D eigenvalue weighted by Gasteiger charge is 2.06. The van der Waals surface area contributed by atoms with Gasteiger partial charge < -0.3 is 20.3 Å². The van der Waals surface area contributed by atoms with Crippen LogP contribution in [0.1, 0.15) is 12.0 Å². The van der Waals surface area contributed by atoms with Crippen molar-refractivity contribution in [3.8, 4) is 5.75 Å². The number of carbonyl (C=O) groups excluding carboxylic acids is 1. The zero-order valence-electron chi connectivity index (χ0n) is 12.6. The minimum Gasteiger partial charge on any atom is -0.484 e. The van der Waals surface area contributed by atoms with Gasteiger partial charge in [-0.15, -0.1) is 0 Å². The van der Waals surface area contributed by atoms with E-state index in [1.807, 2.05) is 24.3 Å². The van der Waals surface area contributed by atoms with Crippen molar-refractivity contribution in [2.24, 2.45) is 4.99 Å². The van der Waals surface area contributed by atoms with E-state index < -0.39 is 0 Å². The molecule has 1 amide bonds. The third-order valence-electron chi connectivity index (χ3n) is 3.12. The standard InChI is InChI=1S/C15H22N4O2/c1-19(2)14(20)11-21-13-6-3-5-12(9-13)10-18-15-16-7-4-8-17-15/h3,5-6,9H,4,7-8,10-11H2,1-2H3,(H2,16,17,18). The van der Waals surface area contributed by atoms with E-state index in [1.165, 1.54) is 4.90 Å². The maximum Gasteiger partial charge on any atom is 0.259 e. The SMILES string of the molecule is CN(C)C(=O)COc1cccc(CNC2=NCCCN2)c1. The first-order valence-corrected chi connectivity index (χ1v) is 7.09. The molecule has 21 heavy (non-hydrogen) atoms. The molecule has 1 aromatic carbocycles. The van der Waals surface area contributed by atoms with Crippen LogP contribution >= 0.6 is 0 Å². The maximum atomic E-state index is 11.5. The fraction of sp³-hybridized carbons (Fsp3) is 0.467. The number of nitrogens with zero attached hydrogens (tertiary/aromatic N) is 2. The van der Waals surface area contributed by atoms with E-state index in [2.05, 4.69) is 15.6 Å². The number of guanidine groups is 1. The fourth-order valence-electron chi connectivity index (χ4n) is 1.86. The molecule has 0 atom stereocenters. The highest BCUT2D eigenvalue weighted by Crippen LogP contribution is 2.13. The number of ether oxygens (including phenoxy) is 1. The highest BCUT2D eigenvalue weighted by atomic mass is 16.5. The third kappa shape index (κ3) is 4.98. The van der Waals surface area contributed by atoms with Gasteiger partial charge in [-0.3, -0.25) is 9.79 Å². The summed E-state index contributed by atoms with van der Waals surface area (Å²) in [6.07, 6.45) is 1.08. The van der Waals surface area contributed by atoms with Crippen molar-refractivity contribution in [3.05, 3.63) is 29.8 Å². The molecule has 0 aromatic heterocycles. The lowest BCUT2D eigenvalue weighted by molar-refractivity contribution is -0.130. The highest BCUT2D eigenvalue weighted by molar-refractivity contribution is 5.80. The molecule has 1 aromatic rings. The molecule has 0 spiro atoms. The number of rotatable bonds is 5. The van der Waals surface area contributed by atoms with Crippen LogP contribution in [0.4, 0.5) is 0 Å². The number of likely N-dealkylation sites (N-methyl/N-ethyl adjacent to an activating group) is 1. The minimum atomic E-state index is -0.0562. The number of amides is 1. The third-order valence-corrected chi connectivity index (χ3v) is 3.12. The molecule has 1 aliphatic heterocycles. The first kappa shape index (κ1) is 15.2. The Morgan fingerprint density at radius 3 is 3.05 bits per heavy atom. The van der Waals surface area contributed by atoms with Gasteiger partial charge in [-0.1, -0.05) is 12.1 Å². The van der Waals surface area contributed by atoms with Crippen LogP contribution in [0, 0.1) is 0 Å². The first-order valence-electron chi connectivity index (χ1n) is 7.09. The molecule has 2 N–H and O–H groups in total. The van der Waals surface area contributed by atoms with Crippen molar-refractivity contribution in [2.75, 3.05) is 33.8 Å². The van der Waals surface area contributed by atoms with Crippen LogP contribution in [0.2, 0.25) is 0 Å². The maximum absolute atomic E-state index is 11.5. The molecule has 0 saturated carbocycles. The Morgan fingerprint density at radius 1 is 1.48 bits per heavy atom. The number of benzene rings is 1. The van der Waals surface area contributed by atoms with E-state index in [1.54, 1.807) is 14.1 Å². The summed E-state index contributed by atoms with van der Waals surface area (Å²) < 4.78 is 5.50. The smallest absolute Gasteiger partial charge is 0.259 e. The van der Waals surface area contributed by atoms with E-state index in [4.69, 9.17) is 4.74 Å². The lowest BCUT2D eigenvalue weighted by Gasteiger charge is -2.16. The summed E-state index contributed by atoms with van der Waals surface area (Å²) in [7, 11) is 3.42. The van der Waals surface area contributed by atoms with Crippen LogP contribution in [0.25, 0.3) is 0 Å². The number of carbonyl (C=O) groups is 1. The van der Waals surface area contributed by atoms with Crippen LogP contribution in [0.3, 0.4) is 0 Å². The summed E-state index contributed by atoms with van der Waals surface area (Å²) in [6, 6.07) is 7.71. The largest absolute Gasteiger partial charge is 0.484 e. The van der Waals surface area contributed by atoms with Crippen LogP contribution in [0.5, 0.6) is 5.75 Å². The van der Waals surface area contributed by atoms with Crippen molar-refractivity contribution in [1.29, 1.82) is 0 Å². The number of hydrogen-bond donors (Lipinski definition) is 2. The Kier molecular flexibility index (Phi) is 5.43. The van der Waals surface area contributed by atoms with Crippen molar-refractivity contribution in [1.82, 2.24) is 15.5 Å². The van der Waals surface area contributed by atoms with Crippen LogP contribution in [0.15, 0.2) is 29.3 Å². The van der Waals surface area contributed by atoms with Gasteiger partial charge >= 0.3 is 0 Å². The lowest BCUT2D eigenvalue weighted by Crippen LogP contribution is -2.40. The Bertz CT molecular complexity index is 514. The summed E-state index contributed by atoms with van der Waals surface area (Å²) in [5.74, 6) is 1.48. The Labute approximate surface area is 125 Å². The van der Waals surface area contributed by atoms with E-state index in [-0.39, 0.29) is 12.5 Å². The molecule has 0 unspecified atom stereocenters. The molecule has 2 rings (SSSR count). The van der Waals surface area contributed by atoms with Crippen LogP contribution in [-0.4, -0.2) is 50.6 Å². The predicted octanol–water partition coefficient (Wildman–Crippen LogP) is 0.592. The molecular weight excluding hydrogens is 268 g/mol. The topological polar surface area (TPSA) is 66.0 Å². The summed E-state index contributed by atoms with van der Waals surface area (Å²) in [4.78, 5) is 17.4. The predicted molar refractivity (Wildman–Crippen MR) is 82.4 cm³/mol. The summed E-state index contributed by atoms with van der Waals surface area (Å²) in [6.45, 7) is 2.55. The average Bonchev–Trinajstić information content (AvgIpc) is 2.52. The van der Waals surface area contributed by atoms with Gasteiger partial charge in [-0.2, -0.15) is 0 Å². The zero-order valence-corrected chi connectivity index (χ0v) is 12.6. The van der Waals surface area contributed by atoms with Crippen molar-refractivity contribution in [2.45, 2.75) is 13.0 Å². The number of hydrogen-bond acceptors (Lipinski definition) is 5. The van der Waals surface area contributed by atoms with E-state index in [9.17, 15) is 4.79 Å². The van der Waals surface area contributed by atoms with Gasteiger partial charge in [0.1, 0.15) is 5.75 Å². The van der Waals surface area contributed by atoms with Gasteiger partial charge in [0.15, 0.2) is 12.6 Å². The fourth-order valence-corrected chi connectivity index (χ4v) is 1.86. The second-order valence-corrected chi connectivity index (χ2v) is 5.09. The Hall–Kier alpha value is -2.24. The monoisotopic (exact) mass is 290 g/mol. The second kappa shape index (κ2) is 7.52. The molecule has 0 radical (unpaired) electrons. The first-order chi connectivity index (χ1) is 10.1. The Balaban J connectivity index is 1.85. The van der Waals surface area contributed by atoms with Crippen molar-refractivity contribution >= 4 is 11.9 Å². The van der Waals surface area contributed by atoms with Crippen molar-refractivity contribution < 1.29 is 9.53 Å². The van der Waals surface area contributed by atoms with E-state index in [0.29, 0.717) is 12.3 Å².